The molecule has 0 aliphatic carbocycles. The molecule has 6 nitrogen and oxygen atoms in total. The normalized spacial score (nSPS) is 21.1. The molecule has 0 spiro atoms. The van der Waals surface area contributed by atoms with E-state index in [-0.39, 0.29) is 26.3 Å². The van der Waals surface area contributed by atoms with Crippen molar-refractivity contribution in [2.45, 2.75) is 11.0 Å². The molecule has 1 aliphatic heterocycles. The molecule has 1 aromatic rings. The van der Waals surface area contributed by atoms with Crippen molar-refractivity contribution in [3.8, 4) is 0 Å². The topological polar surface area (TPSA) is 92.9 Å². The fourth-order valence-corrected chi connectivity index (χ4v) is 3.44. The number of nitrogens with two attached hydrogens (primary N) is 1. The predicted molar refractivity (Wildman–Crippen MR) is 66.4 cm³/mol. The van der Waals surface area contributed by atoms with E-state index in [1.165, 1.54) is 0 Å². The molecule has 0 radical (unpaired) electrons. The van der Waals surface area contributed by atoms with Crippen LogP contribution in [0, 0.1) is 11.6 Å². The largest absolute Gasteiger partial charge is 0.394 e. The minimum Gasteiger partial charge on any atom is -0.394 e. The molecule has 112 valence electrons. The Labute approximate surface area is 114 Å². The van der Waals surface area contributed by atoms with Gasteiger partial charge in [-0.25, -0.2) is 17.2 Å². The molecule has 1 atom stereocenters. The van der Waals surface area contributed by atoms with E-state index in [1.807, 2.05) is 0 Å². The molecule has 3 N–H and O–H groups in total. The minimum atomic E-state index is -4.15. The second kappa shape index (κ2) is 5.60. The zero-order valence-electron chi connectivity index (χ0n) is 10.4. The summed E-state index contributed by atoms with van der Waals surface area (Å²) in [5, 5.41) is 8.99. The molecule has 20 heavy (non-hydrogen) atoms. The number of aliphatic hydroxyl groups excluding tert-OH is 1. The SMILES string of the molecule is Nc1c(F)ccc(S(=O)(=O)N2CCOC(CO)C2)c1F. The molecule has 1 saturated heterocycles. The van der Waals surface area contributed by atoms with Gasteiger partial charge in [0, 0.05) is 13.1 Å². The first-order chi connectivity index (χ1) is 9.37. The van der Waals surface area contributed by atoms with E-state index in [4.69, 9.17) is 15.6 Å². The van der Waals surface area contributed by atoms with E-state index >= 15 is 0 Å². The number of hydrogen-bond acceptors (Lipinski definition) is 5. The maximum Gasteiger partial charge on any atom is 0.246 e. The quantitative estimate of drug-likeness (QED) is 0.763. The summed E-state index contributed by atoms with van der Waals surface area (Å²) < 4.78 is 57.6. The molecule has 1 fully saturated rings. The fourth-order valence-electron chi connectivity index (χ4n) is 1.91. The third-order valence-electron chi connectivity index (χ3n) is 3.01. The van der Waals surface area contributed by atoms with Gasteiger partial charge in [0.2, 0.25) is 10.0 Å². The molecule has 1 heterocycles. The van der Waals surface area contributed by atoms with Crippen molar-refractivity contribution < 1.29 is 27.0 Å². The Morgan fingerprint density at radius 2 is 2.15 bits per heavy atom. The molecular weight excluding hydrogens is 294 g/mol. The summed E-state index contributed by atoms with van der Waals surface area (Å²) in [6, 6.07) is 1.63. The number of ether oxygens (including phenoxy) is 1. The molecule has 0 saturated carbocycles. The molecule has 1 aromatic carbocycles. The summed E-state index contributed by atoms with van der Waals surface area (Å²) in [5.41, 5.74) is 4.33. The highest BCUT2D eigenvalue weighted by atomic mass is 32.2. The van der Waals surface area contributed by atoms with Crippen LogP contribution < -0.4 is 5.73 Å². The van der Waals surface area contributed by atoms with Crippen molar-refractivity contribution in [2.75, 3.05) is 32.0 Å². The lowest BCUT2D eigenvalue weighted by Crippen LogP contribution is -2.47. The van der Waals surface area contributed by atoms with Crippen LogP contribution in [0.1, 0.15) is 0 Å². The lowest BCUT2D eigenvalue weighted by atomic mass is 10.3. The number of nitrogens with zero attached hydrogens (tertiary/aromatic N) is 1. The van der Waals surface area contributed by atoms with E-state index in [0.717, 1.165) is 16.4 Å². The number of anilines is 1. The first kappa shape index (κ1) is 15.1. The van der Waals surface area contributed by atoms with Crippen LogP contribution in [0.2, 0.25) is 0 Å². The maximum atomic E-state index is 13.8. The second-order valence-electron chi connectivity index (χ2n) is 4.31. The molecule has 9 heteroatoms. The molecule has 2 rings (SSSR count). The number of rotatable bonds is 3. The van der Waals surface area contributed by atoms with Gasteiger partial charge in [-0.05, 0) is 12.1 Å². The van der Waals surface area contributed by atoms with Gasteiger partial charge in [0.05, 0.1) is 19.3 Å². The van der Waals surface area contributed by atoms with Crippen molar-refractivity contribution in [1.29, 1.82) is 0 Å². The number of nitrogen functional groups attached to an aromatic ring is 1. The average Bonchev–Trinajstić information content (AvgIpc) is 2.44. The Kier molecular flexibility index (Phi) is 4.23. The zero-order valence-corrected chi connectivity index (χ0v) is 11.2. The van der Waals surface area contributed by atoms with Gasteiger partial charge >= 0.3 is 0 Å². The summed E-state index contributed by atoms with van der Waals surface area (Å²) in [6.45, 7) is -0.339. The number of hydrogen-bond donors (Lipinski definition) is 2. The minimum absolute atomic E-state index is 0.0234. The summed E-state index contributed by atoms with van der Waals surface area (Å²) in [6.07, 6.45) is -0.667. The number of halogens is 2. The van der Waals surface area contributed by atoms with Gasteiger partial charge in [-0.3, -0.25) is 0 Å². The second-order valence-corrected chi connectivity index (χ2v) is 6.22. The smallest absolute Gasteiger partial charge is 0.246 e. The lowest BCUT2D eigenvalue weighted by Gasteiger charge is -2.31. The average molecular weight is 308 g/mol. The standard InChI is InChI=1S/C11H14F2N2O4S/c12-8-1-2-9(10(13)11(8)14)20(17,18)15-3-4-19-7(5-15)6-16/h1-2,7,16H,3-6,14H2. The van der Waals surface area contributed by atoms with Crippen LogP contribution >= 0.6 is 0 Å². The lowest BCUT2D eigenvalue weighted by molar-refractivity contribution is -0.0305. The van der Waals surface area contributed by atoms with E-state index in [2.05, 4.69) is 0 Å². The van der Waals surface area contributed by atoms with Gasteiger partial charge in [0.25, 0.3) is 0 Å². The van der Waals surface area contributed by atoms with Crippen LogP contribution in [0.4, 0.5) is 14.5 Å². The maximum absolute atomic E-state index is 13.8. The van der Waals surface area contributed by atoms with E-state index < -0.39 is 38.3 Å². The van der Waals surface area contributed by atoms with Crippen LogP contribution in [0.5, 0.6) is 0 Å². The van der Waals surface area contributed by atoms with Gasteiger partial charge < -0.3 is 15.6 Å². The van der Waals surface area contributed by atoms with Crippen molar-refractivity contribution in [3.05, 3.63) is 23.8 Å². The van der Waals surface area contributed by atoms with Gasteiger partial charge in [0.15, 0.2) is 5.82 Å². The molecule has 1 unspecified atom stereocenters. The van der Waals surface area contributed by atoms with Crippen LogP contribution in [0.3, 0.4) is 0 Å². The highest BCUT2D eigenvalue weighted by Crippen LogP contribution is 2.26. The molecular formula is C11H14F2N2O4S. The molecule has 0 amide bonds. The van der Waals surface area contributed by atoms with Gasteiger partial charge in [-0.1, -0.05) is 0 Å². The fraction of sp³-hybridized carbons (Fsp3) is 0.455. The predicted octanol–water partition coefficient (Wildman–Crippen LogP) is -0.0712. The van der Waals surface area contributed by atoms with Crippen molar-refractivity contribution in [2.24, 2.45) is 0 Å². The van der Waals surface area contributed by atoms with Crippen LogP contribution in [0.15, 0.2) is 17.0 Å². The number of morpholine rings is 1. The molecule has 0 aromatic heterocycles. The molecule has 1 aliphatic rings. The third-order valence-corrected chi connectivity index (χ3v) is 4.90. The number of benzene rings is 1. The number of aliphatic hydroxyl groups is 1. The highest BCUT2D eigenvalue weighted by molar-refractivity contribution is 7.89. The summed E-state index contributed by atoms with van der Waals surface area (Å²) in [5.74, 6) is -2.33. The van der Waals surface area contributed by atoms with E-state index in [1.54, 1.807) is 0 Å². The van der Waals surface area contributed by atoms with Crippen LogP contribution in [-0.2, 0) is 14.8 Å². The Hall–Kier alpha value is -1.29. The molecule has 0 bridgehead atoms. The Morgan fingerprint density at radius 1 is 1.45 bits per heavy atom. The summed E-state index contributed by atoms with van der Waals surface area (Å²) >= 11 is 0. The summed E-state index contributed by atoms with van der Waals surface area (Å²) in [7, 11) is -4.15. The number of sulfonamides is 1. The summed E-state index contributed by atoms with van der Waals surface area (Å²) in [4.78, 5) is -0.685. The van der Waals surface area contributed by atoms with Crippen LogP contribution in [0.25, 0.3) is 0 Å². The first-order valence-electron chi connectivity index (χ1n) is 5.84. The Morgan fingerprint density at radius 3 is 2.80 bits per heavy atom. The third kappa shape index (κ3) is 2.62. The highest BCUT2D eigenvalue weighted by Gasteiger charge is 2.33. The van der Waals surface area contributed by atoms with E-state index in [9.17, 15) is 17.2 Å². The van der Waals surface area contributed by atoms with Crippen LogP contribution in [-0.4, -0.2) is 50.2 Å². The van der Waals surface area contributed by atoms with Crippen molar-refractivity contribution in [1.82, 2.24) is 4.31 Å². The van der Waals surface area contributed by atoms with Gasteiger partial charge in [-0.15, -0.1) is 0 Å². The zero-order chi connectivity index (χ0) is 14.9. The Bertz CT molecular complexity index is 609. The van der Waals surface area contributed by atoms with Crippen molar-refractivity contribution in [3.63, 3.8) is 0 Å². The van der Waals surface area contributed by atoms with Gasteiger partial charge in [-0.2, -0.15) is 4.31 Å². The van der Waals surface area contributed by atoms with Gasteiger partial charge in [0.1, 0.15) is 16.4 Å². The first-order valence-corrected chi connectivity index (χ1v) is 7.28. The monoisotopic (exact) mass is 308 g/mol. The van der Waals surface area contributed by atoms with E-state index in [0.29, 0.717) is 0 Å². The Balaban J connectivity index is 2.38. The van der Waals surface area contributed by atoms with Crippen molar-refractivity contribution >= 4 is 15.7 Å².